The van der Waals surface area contributed by atoms with E-state index < -0.39 is 0 Å². The van der Waals surface area contributed by atoms with E-state index in [2.05, 4.69) is 40.3 Å². The fourth-order valence-corrected chi connectivity index (χ4v) is 3.12. The summed E-state index contributed by atoms with van der Waals surface area (Å²) < 4.78 is 6.77. The summed E-state index contributed by atoms with van der Waals surface area (Å²) in [5.74, 6) is 0.559. The molecule has 2 rings (SSSR count). The van der Waals surface area contributed by atoms with Gasteiger partial charge in [-0.15, -0.1) is 0 Å². The molecule has 0 aromatic heterocycles. The molecule has 0 unspecified atom stereocenters. The first kappa shape index (κ1) is 20.5. The number of halogens is 1. The molecule has 0 aliphatic rings. The number of ether oxygens (including phenoxy) is 1. The van der Waals surface area contributed by atoms with Gasteiger partial charge in [-0.2, -0.15) is 0 Å². The van der Waals surface area contributed by atoms with Crippen molar-refractivity contribution >= 4 is 21.8 Å². The molecule has 0 saturated carbocycles. The first-order valence-corrected chi connectivity index (χ1v) is 10.2. The number of carbonyl (C=O) groups excluding carboxylic acids is 1. The van der Waals surface area contributed by atoms with Crippen molar-refractivity contribution in [2.45, 2.75) is 45.4 Å². The second kappa shape index (κ2) is 11.7. The van der Waals surface area contributed by atoms with Crippen LogP contribution in [0.4, 0.5) is 0 Å². The molecule has 0 atom stereocenters. The maximum absolute atomic E-state index is 12.5. The van der Waals surface area contributed by atoms with Gasteiger partial charge in [0.1, 0.15) is 5.75 Å². The van der Waals surface area contributed by atoms with Gasteiger partial charge in [-0.3, -0.25) is 4.79 Å². The van der Waals surface area contributed by atoms with Crippen LogP contribution in [0.2, 0.25) is 0 Å². The second-order valence-corrected chi connectivity index (χ2v) is 7.31. The van der Waals surface area contributed by atoms with Gasteiger partial charge in [-0.1, -0.05) is 78.9 Å². The van der Waals surface area contributed by atoms with E-state index in [4.69, 9.17) is 4.74 Å². The molecule has 140 valence electrons. The molecule has 0 heterocycles. The third kappa shape index (κ3) is 7.20. The summed E-state index contributed by atoms with van der Waals surface area (Å²) in [6.45, 7) is 3.45. The van der Waals surface area contributed by atoms with Crippen molar-refractivity contribution in [2.75, 3.05) is 13.2 Å². The number of amides is 1. The smallest absolute Gasteiger partial charge is 0.255 e. The summed E-state index contributed by atoms with van der Waals surface area (Å²) in [6, 6.07) is 15.8. The van der Waals surface area contributed by atoms with Crippen molar-refractivity contribution in [1.29, 1.82) is 0 Å². The van der Waals surface area contributed by atoms with Crippen LogP contribution in [0.15, 0.2) is 53.0 Å². The molecule has 1 amide bonds. The SMILES string of the molecule is CCCCCCCNC(=O)c1cc(Br)ccc1OCCc1ccccc1. The molecule has 26 heavy (non-hydrogen) atoms. The average molecular weight is 418 g/mol. The van der Waals surface area contributed by atoms with E-state index in [9.17, 15) is 4.79 Å². The number of benzene rings is 2. The minimum atomic E-state index is -0.0727. The highest BCUT2D eigenvalue weighted by Gasteiger charge is 2.13. The number of rotatable bonds is 11. The molecule has 0 saturated heterocycles. The van der Waals surface area contributed by atoms with Gasteiger partial charge in [-0.05, 0) is 30.2 Å². The average Bonchev–Trinajstić information content (AvgIpc) is 2.66. The molecule has 0 spiro atoms. The highest BCUT2D eigenvalue weighted by atomic mass is 79.9. The third-order valence-corrected chi connectivity index (χ3v) is 4.74. The zero-order valence-corrected chi connectivity index (χ0v) is 17.1. The molecule has 0 bridgehead atoms. The predicted octanol–water partition coefficient (Wildman–Crippen LogP) is 5.77. The summed E-state index contributed by atoms with van der Waals surface area (Å²) in [6.07, 6.45) is 6.72. The van der Waals surface area contributed by atoms with Gasteiger partial charge >= 0.3 is 0 Å². The number of carbonyl (C=O) groups is 1. The largest absolute Gasteiger partial charge is 0.492 e. The highest BCUT2D eigenvalue weighted by Crippen LogP contribution is 2.23. The molecule has 4 heteroatoms. The van der Waals surface area contributed by atoms with Crippen molar-refractivity contribution in [3.8, 4) is 5.75 Å². The summed E-state index contributed by atoms with van der Waals surface area (Å²) in [4.78, 5) is 12.5. The maximum Gasteiger partial charge on any atom is 0.255 e. The van der Waals surface area contributed by atoms with Crippen LogP contribution >= 0.6 is 15.9 Å². The Hall–Kier alpha value is -1.81. The maximum atomic E-state index is 12.5. The van der Waals surface area contributed by atoms with Crippen LogP contribution < -0.4 is 10.1 Å². The van der Waals surface area contributed by atoms with Crippen LogP contribution in [0.3, 0.4) is 0 Å². The Morgan fingerprint density at radius 1 is 1.04 bits per heavy atom. The topological polar surface area (TPSA) is 38.3 Å². The summed E-state index contributed by atoms with van der Waals surface area (Å²) in [7, 11) is 0. The summed E-state index contributed by atoms with van der Waals surface area (Å²) >= 11 is 3.44. The van der Waals surface area contributed by atoms with Crippen LogP contribution in [-0.2, 0) is 6.42 Å². The Kier molecular flexibility index (Phi) is 9.26. The lowest BCUT2D eigenvalue weighted by molar-refractivity contribution is 0.0949. The molecule has 1 N–H and O–H groups in total. The quantitative estimate of drug-likeness (QED) is 0.471. The number of unbranched alkanes of at least 4 members (excludes halogenated alkanes) is 4. The lowest BCUT2D eigenvalue weighted by Gasteiger charge is -2.12. The molecule has 0 aliphatic heterocycles. The normalized spacial score (nSPS) is 10.5. The van der Waals surface area contributed by atoms with Gasteiger partial charge in [0.05, 0.1) is 12.2 Å². The standard InChI is InChI=1S/C22H28BrNO2/c1-2-3-4-5-9-15-24-22(25)20-17-19(23)12-13-21(20)26-16-14-18-10-7-6-8-11-18/h6-8,10-13,17H,2-5,9,14-16H2,1H3,(H,24,25). The Labute approximate surface area is 165 Å². The van der Waals surface area contributed by atoms with Crippen LogP contribution in [0.5, 0.6) is 5.75 Å². The summed E-state index contributed by atoms with van der Waals surface area (Å²) in [5.41, 5.74) is 1.81. The van der Waals surface area contributed by atoms with Gasteiger partial charge in [0.2, 0.25) is 0 Å². The van der Waals surface area contributed by atoms with E-state index in [1.165, 1.54) is 24.8 Å². The zero-order chi connectivity index (χ0) is 18.6. The van der Waals surface area contributed by atoms with E-state index in [0.717, 1.165) is 23.7 Å². The Morgan fingerprint density at radius 3 is 2.58 bits per heavy atom. The molecule has 2 aromatic rings. The van der Waals surface area contributed by atoms with E-state index in [1.54, 1.807) is 0 Å². The highest BCUT2D eigenvalue weighted by molar-refractivity contribution is 9.10. The van der Waals surface area contributed by atoms with Crippen molar-refractivity contribution < 1.29 is 9.53 Å². The molecular formula is C22H28BrNO2. The van der Waals surface area contributed by atoms with Crippen LogP contribution in [0.1, 0.15) is 54.9 Å². The van der Waals surface area contributed by atoms with Gasteiger partial charge in [0, 0.05) is 17.4 Å². The molecule has 3 nitrogen and oxygen atoms in total. The Bertz CT molecular complexity index is 673. The lowest BCUT2D eigenvalue weighted by Crippen LogP contribution is -2.25. The van der Waals surface area contributed by atoms with Crippen molar-refractivity contribution in [1.82, 2.24) is 5.32 Å². The molecule has 0 fully saturated rings. The Balaban J connectivity index is 1.86. The van der Waals surface area contributed by atoms with E-state index in [-0.39, 0.29) is 5.91 Å². The van der Waals surface area contributed by atoms with Gasteiger partial charge in [0.15, 0.2) is 0 Å². The van der Waals surface area contributed by atoms with Gasteiger partial charge in [0.25, 0.3) is 5.91 Å². The van der Waals surface area contributed by atoms with Crippen molar-refractivity contribution in [2.24, 2.45) is 0 Å². The summed E-state index contributed by atoms with van der Waals surface area (Å²) in [5, 5.41) is 3.01. The van der Waals surface area contributed by atoms with E-state index >= 15 is 0 Å². The van der Waals surface area contributed by atoms with Gasteiger partial charge in [-0.25, -0.2) is 0 Å². The third-order valence-electron chi connectivity index (χ3n) is 4.24. The number of hydrogen-bond donors (Lipinski definition) is 1. The second-order valence-electron chi connectivity index (χ2n) is 6.39. The van der Waals surface area contributed by atoms with E-state index in [1.807, 2.05) is 36.4 Å². The van der Waals surface area contributed by atoms with Crippen molar-refractivity contribution in [3.63, 3.8) is 0 Å². The first-order valence-electron chi connectivity index (χ1n) is 9.45. The fraction of sp³-hybridized carbons (Fsp3) is 0.409. The predicted molar refractivity (Wildman–Crippen MR) is 111 cm³/mol. The number of hydrogen-bond acceptors (Lipinski definition) is 2. The monoisotopic (exact) mass is 417 g/mol. The van der Waals surface area contributed by atoms with Crippen LogP contribution in [0.25, 0.3) is 0 Å². The van der Waals surface area contributed by atoms with Gasteiger partial charge < -0.3 is 10.1 Å². The minimum Gasteiger partial charge on any atom is -0.492 e. The molecular weight excluding hydrogens is 390 g/mol. The van der Waals surface area contributed by atoms with Crippen LogP contribution in [0, 0.1) is 0 Å². The zero-order valence-electron chi connectivity index (χ0n) is 15.5. The molecule has 0 aliphatic carbocycles. The van der Waals surface area contributed by atoms with Crippen LogP contribution in [-0.4, -0.2) is 19.1 Å². The Morgan fingerprint density at radius 2 is 1.81 bits per heavy atom. The fourth-order valence-electron chi connectivity index (χ4n) is 2.75. The first-order chi connectivity index (χ1) is 12.7. The van der Waals surface area contributed by atoms with Crippen molar-refractivity contribution in [3.05, 3.63) is 64.1 Å². The van der Waals surface area contributed by atoms with E-state index in [0.29, 0.717) is 24.5 Å². The lowest BCUT2D eigenvalue weighted by atomic mass is 10.1. The molecule has 2 aromatic carbocycles. The minimum absolute atomic E-state index is 0.0727. The number of nitrogens with one attached hydrogen (secondary N) is 1. The molecule has 0 radical (unpaired) electrons.